The van der Waals surface area contributed by atoms with Gasteiger partial charge in [-0.25, -0.2) is 14.8 Å². The fraction of sp³-hybridized carbons (Fsp3) is 0.278. The number of esters is 1. The minimum absolute atomic E-state index is 0.199. The van der Waals surface area contributed by atoms with Gasteiger partial charge in [0.25, 0.3) is 0 Å². The van der Waals surface area contributed by atoms with Gasteiger partial charge < -0.3 is 19.5 Å². The van der Waals surface area contributed by atoms with Gasteiger partial charge in [-0.3, -0.25) is 0 Å². The van der Waals surface area contributed by atoms with E-state index in [0.29, 0.717) is 32.9 Å². The van der Waals surface area contributed by atoms with Crippen LogP contribution in [0.4, 0.5) is 11.5 Å². The van der Waals surface area contributed by atoms with E-state index in [1.165, 1.54) is 17.7 Å². The number of anilines is 2. The second-order valence-corrected chi connectivity index (χ2v) is 6.97. The summed E-state index contributed by atoms with van der Waals surface area (Å²) >= 11 is 7.46. The molecule has 7 nitrogen and oxygen atoms in total. The molecule has 0 spiro atoms. The van der Waals surface area contributed by atoms with Crippen LogP contribution in [0.1, 0.15) is 15.2 Å². The number of nitrogens with zero attached hydrogens (tertiary/aromatic N) is 2. The Morgan fingerprint density at radius 1 is 1.26 bits per heavy atom. The number of aryl methyl sites for hydroxylation is 1. The smallest absolute Gasteiger partial charge is 0.348 e. The van der Waals surface area contributed by atoms with Gasteiger partial charge in [-0.15, -0.1) is 11.3 Å². The Morgan fingerprint density at radius 2 is 2.07 bits per heavy atom. The van der Waals surface area contributed by atoms with Gasteiger partial charge in [0.2, 0.25) is 0 Å². The van der Waals surface area contributed by atoms with Crippen molar-refractivity contribution >= 4 is 50.6 Å². The number of hydrogen-bond donors (Lipinski definition) is 1. The summed E-state index contributed by atoms with van der Waals surface area (Å²) in [5.74, 6) is 0.778. The van der Waals surface area contributed by atoms with E-state index in [-0.39, 0.29) is 6.61 Å². The normalized spacial score (nSPS) is 10.8. The third-order valence-electron chi connectivity index (χ3n) is 3.85. The number of carbonyl (C=O) groups is 1. The monoisotopic (exact) mass is 407 g/mol. The molecular formula is C18H18ClN3O4S. The number of rotatable bonds is 7. The first-order valence-corrected chi connectivity index (χ1v) is 9.25. The predicted octanol–water partition coefficient (Wildman–Crippen LogP) is 4.21. The van der Waals surface area contributed by atoms with Crippen molar-refractivity contribution in [2.75, 3.05) is 32.8 Å². The van der Waals surface area contributed by atoms with Crippen molar-refractivity contribution in [3.63, 3.8) is 0 Å². The SMILES string of the molecule is COCCOC(=O)c1sc2ncnc(Nc3ccc(OC)c(Cl)c3)c2c1C. The van der Waals surface area contributed by atoms with Crippen LogP contribution in [0.3, 0.4) is 0 Å². The number of aromatic nitrogens is 2. The first-order valence-electron chi connectivity index (χ1n) is 8.06. The molecule has 0 aliphatic carbocycles. The summed E-state index contributed by atoms with van der Waals surface area (Å²) in [6.07, 6.45) is 1.45. The van der Waals surface area contributed by atoms with Crippen molar-refractivity contribution in [3.05, 3.63) is 40.0 Å². The van der Waals surface area contributed by atoms with Crippen molar-refractivity contribution in [2.45, 2.75) is 6.92 Å². The molecule has 27 heavy (non-hydrogen) atoms. The Balaban J connectivity index is 1.92. The zero-order valence-electron chi connectivity index (χ0n) is 15.0. The highest BCUT2D eigenvalue weighted by Crippen LogP contribution is 2.36. The van der Waals surface area contributed by atoms with Crippen molar-refractivity contribution in [1.29, 1.82) is 0 Å². The number of thiophene rings is 1. The lowest BCUT2D eigenvalue weighted by atomic mass is 10.2. The number of hydrogen-bond acceptors (Lipinski definition) is 8. The minimum atomic E-state index is -0.397. The molecule has 3 aromatic rings. The van der Waals surface area contributed by atoms with Crippen LogP contribution in [0.2, 0.25) is 5.02 Å². The molecule has 0 saturated carbocycles. The van der Waals surface area contributed by atoms with Crippen molar-refractivity contribution in [2.24, 2.45) is 0 Å². The second-order valence-electron chi connectivity index (χ2n) is 5.56. The van der Waals surface area contributed by atoms with Crippen LogP contribution in [0.25, 0.3) is 10.2 Å². The maximum absolute atomic E-state index is 12.3. The molecule has 0 unspecified atom stereocenters. The first kappa shape index (κ1) is 19.3. The average molecular weight is 408 g/mol. The molecule has 2 aromatic heterocycles. The average Bonchev–Trinajstić information content (AvgIpc) is 3.00. The standard InChI is InChI=1S/C18H18ClN3O4S/c1-10-14-16(22-11-4-5-13(25-3)12(19)8-11)20-9-21-17(14)27-15(10)18(23)26-7-6-24-2/h4-5,8-9H,6-7H2,1-3H3,(H,20,21,22). The van der Waals surface area contributed by atoms with Gasteiger partial charge in [0, 0.05) is 12.8 Å². The van der Waals surface area contributed by atoms with E-state index >= 15 is 0 Å². The van der Waals surface area contributed by atoms with E-state index in [1.54, 1.807) is 26.4 Å². The third kappa shape index (κ3) is 4.13. The predicted molar refractivity (Wildman–Crippen MR) is 106 cm³/mol. The summed E-state index contributed by atoms with van der Waals surface area (Å²) in [5, 5.41) is 4.48. The van der Waals surface area contributed by atoms with Gasteiger partial charge in [0.1, 0.15) is 34.2 Å². The fourth-order valence-corrected chi connectivity index (χ4v) is 3.83. The maximum Gasteiger partial charge on any atom is 0.348 e. The summed E-state index contributed by atoms with van der Waals surface area (Å²) in [4.78, 5) is 22.1. The molecule has 1 aromatic carbocycles. The molecule has 142 valence electrons. The summed E-state index contributed by atoms with van der Waals surface area (Å²) in [7, 11) is 3.11. The molecule has 9 heteroatoms. The topological polar surface area (TPSA) is 82.6 Å². The van der Waals surface area contributed by atoms with Crippen LogP contribution in [0, 0.1) is 6.92 Å². The number of halogens is 1. The quantitative estimate of drug-likeness (QED) is 0.464. The molecule has 0 saturated heterocycles. The first-order chi connectivity index (χ1) is 13.0. The molecule has 0 fully saturated rings. The van der Waals surface area contributed by atoms with Crippen LogP contribution >= 0.6 is 22.9 Å². The van der Waals surface area contributed by atoms with Gasteiger partial charge in [-0.1, -0.05) is 11.6 Å². The van der Waals surface area contributed by atoms with Crippen molar-refractivity contribution < 1.29 is 19.0 Å². The highest BCUT2D eigenvalue weighted by Gasteiger charge is 2.20. The summed E-state index contributed by atoms with van der Waals surface area (Å²) in [6, 6.07) is 5.35. The molecule has 0 amide bonds. The molecular weight excluding hydrogens is 390 g/mol. The van der Waals surface area contributed by atoms with Crippen LogP contribution < -0.4 is 10.1 Å². The molecule has 2 heterocycles. The zero-order valence-corrected chi connectivity index (χ0v) is 16.6. The van der Waals surface area contributed by atoms with Crippen LogP contribution in [-0.2, 0) is 9.47 Å². The lowest BCUT2D eigenvalue weighted by molar-refractivity contribution is 0.0393. The lowest BCUT2D eigenvalue weighted by Crippen LogP contribution is -2.09. The van der Waals surface area contributed by atoms with Gasteiger partial charge >= 0.3 is 5.97 Å². The summed E-state index contributed by atoms with van der Waals surface area (Å²) in [5.41, 5.74) is 1.51. The maximum atomic E-state index is 12.3. The number of methoxy groups -OCH3 is 2. The number of nitrogens with one attached hydrogen (secondary N) is 1. The fourth-order valence-electron chi connectivity index (χ4n) is 2.53. The van der Waals surface area contributed by atoms with Crippen molar-refractivity contribution in [3.8, 4) is 5.75 Å². The molecule has 0 aliphatic heterocycles. The largest absolute Gasteiger partial charge is 0.495 e. The molecule has 3 rings (SSSR count). The molecule has 0 atom stereocenters. The Labute approximate surface area is 165 Å². The van der Waals surface area contributed by atoms with E-state index in [1.807, 2.05) is 13.0 Å². The molecule has 1 N–H and O–H groups in total. The third-order valence-corrected chi connectivity index (χ3v) is 5.32. The van der Waals surface area contributed by atoms with E-state index in [2.05, 4.69) is 15.3 Å². The molecule has 0 bridgehead atoms. The van der Waals surface area contributed by atoms with Crippen molar-refractivity contribution in [1.82, 2.24) is 9.97 Å². The highest BCUT2D eigenvalue weighted by atomic mass is 35.5. The highest BCUT2D eigenvalue weighted by molar-refractivity contribution is 7.20. The molecule has 0 radical (unpaired) electrons. The van der Waals surface area contributed by atoms with Gasteiger partial charge in [-0.05, 0) is 30.7 Å². The van der Waals surface area contributed by atoms with Gasteiger partial charge in [0.05, 0.1) is 24.1 Å². The Hall–Kier alpha value is -2.42. The van der Waals surface area contributed by atoms with E-state index in [0.717, 1.165) is 16.6 Å². The second kappa shape index (κ2) is 8.51. The minimum Gasteiger partial charge on any atom is -0.495 e. The Bertz CT molecular complexity index is 977. The number of carbonyl (C=O) groups excluding carboxylic acids is 1. The van der Waals surface area contributed by atoms with E-state index < -0.39 is 5.97 Å². The summed E-state index contributed by atoms with van der Waals surface area (Å²) < 4.78 is 15.3. The van der Waals surface area contributed by atoms with E-state index in [4.69, 9.17) is 25.8 Å². The van der Waals surface area contributed by atoms with Crippen LogP contribution in [0.5, 0.6) is 5.75 Å². The molecule has 0 aliphatic rings. The Morgan fingerprint density at radius 3 is 2.78 bits per heavy atom. The summed E-state index contributed by atoms with van der Waals surface area (Å²) in [6.45, 7) is 2.39. The number of ether oxygens (including phenoxy) is 3. The van der Waals surface area contributed by atoms with Gasteiger partial charge in [-0.2, -0.15) is 0 Å². The van der Waals surface area contributed by atoms with E-state index in [9.17, 15) is 4.79 Å². The Kier molecular flexibility index (Phi) is 6.10. The van der Waals surface area contributed by atoms with Crippen LogP contribution in [-0.4, -0.2) is 43.4 Å². The van der Waals surface area contributed by atoms with Gasteiger partial charge in [0.15, 0.2) is 0 Å². The zero-order chi connectivity index (χ0) is 19.4. The number of fused-ring (bicyclic) bond motifs is 1. The lowest BCUT2D eigenvalue weighted by Gasteiger charge is -2.09. The number of benzene rings is 1. The van der Waals surface area contributed by atoms with Crippen LogP contribution in [0.15, 0.2) is 24.5 Å².